The lowest BCUT2D eigenvalue weighted by atomic mass is 10.00. The molecule has 0 radical (unpaired) electrons. The highest BCUT2D eigenvalue weighted by Crippen LogP contribution is 2.35. The van der Waals surface area contributed by atoms with Crippen molar-refractivity contribution in [2.45, 2.75) is 45.3 Å². The summed E-state index contributed by atoms with van der Waals surface area (Å²) in [6.45, 7) is 6.84. The molecule has 0 spiro atoms. The van der Waals surface area contributed by atoms with E-state index in [0.717, 1.165) is 29.4 Å². The number of aromatic nitrogens is 1. The van der Waals surface area contributed by atoms with Crippen molar-refractivity contribution in [1.29, 1.82) is 0 Å². The maximum atomic E-state index is 12.3. The van der Waals surface area contributed by atoms with Crippen molar-refractivity contribution in [2.24, 2.45) is 0 Å². The predicted molar refractivity (Wildman–Crippen MR) is 127 cm³/mol. The molecule has 1 fully saturated rings. The molecular formula is C25H30N4O3. The molecule has 0 bridgehead atoms. The van der Waals surface area contributed by atoms with Crippen molar-refractivity contribution >= 4 is 28.4 Å². The Kier molecular flexibility index (Phi) is 6.19. The molecule has 1 amide bonds. The van der Waals surface area contributed by atoms with E-state index >= 15 is 0 Å². The van der Waals surface area contributed by atoms with Crippen LogP contribution in [0.25, 0.3) is 21.9 Å². The molecule has 7 heteroatoms. The van der Waals surface area contributed by atoms with Crippen LogP contribution in [-0.4, -0.2) is 45.9 Å². The van der Waals surface area contributed by atoms with E-state index < -0.39 is 5.60 Å². The highest BCUT2D eigenvalue weighted by Gasteiger charge is 2.27. The molecule has 0 unspecified atom stereocenters. The second-order valence-electron chi connectivity index (χ2n) is 9.14. The highest BCUT2D eigenvalue weighted by molar-refractivity contribution is 5.91. The van der Waals surface area contributed by atoms with Gasteiger partial charge >= 0.3 is 6.09 Å². The fraction of sp³-hybridized carbons (Fsp3) is 0.360. The number of amides is 1. The summed E-state index contributed by atoms with van der Waals surface area (Å²) in [6, 6.07) is 16.4. The Bertz CT molecular complexity index is 1100. The minimum absolute atomic E-state index is 0.139. The molecule has 1 aliphatic heterocycles. The lowest BCUT2D eigenvalue weighted by molar-refractivity contribution is 0.0210. The van der Waals surface area contributed by atoms with Gasteiger partial charge in [0.15, 0.2) is 5.82 Å². The molecule has 4 rings (SSSR count). The van der Waals surface area contributed by atoms with Crippen LogP contribution in [0.5, 0.6) is 0 Å². The third-order valence-corrected chi connectivity index (χ3v) is 5.61. The van der Waals surface area contributed by atoms with E-state index in [1.54, 1.807) is 11.1 Å². The maximum absolute atomic E-state index is 12.3. The smallest absolute Gasteiger partial charge is 0.410 e. The Morgan fingerprint density at radius 3 is 2.50 bits per heavy atom. The molecule has 2 heterocycles. The van der Waals surface area contributed by atoms with Crippen LogP contribution >= 0.6 is 0 Å². The fourth-order valence-corrected chi connectivity index (χ4v) is 4.01. The van der Waals surface area contributed by atoms with Gasteiger partial charge in [-0.05, 0) is 62.1 Å². The van der Waals surface area contributed by atoms with E-state index in [1.165, 1.54) is 5.39 Å². The number of anilines is 2. The van der Waals surface area contributed by atoms with Crippen LogP contribution in [0.2, 0.25) is 0 Å². The quantitative estimate of drug-likeness (QED) is 0.469. The summed E-state index contributed by atoms with van der Waals surface area (Å²) in [5, 5.41) is 15.7. The number of pyridine rings is 1. The lowest BCUT2D eigenvalue weighted by Crippen LogP contribution is -2.44. The molecule has 32 heavy (non-hydrogen) atoms. The molecule has 2 aromatic carbocycles. The minimum atomic E-state index is -0.499. The lowest BCUT2D eigenvalue weighted by Gasteiger charge is -2.34. The molecule has 0 saturated carbocycles. The van der Waals surface area contributed by atoms with Crippen molar-refractivity contribution < 1.29 is 14.7 Å². The maximum Gasteiger partial charge on any atom is 0.410 e. The summed E-state index contributed by atoms with van der Waals surface area (Å²) >= 11 is 0. The second kappa shape index (κ2) is 9.04. The van der Waals surface area contributed by atoms with E-state index in [1.807, 2.05) is 45.0 Å². The Morgan fingerprint density at radius 1 is 1.09 bits per heavy atom. The number of hydrogen-bond donors (Lipinski definition) is 3. The van der Waals surface area contributed by atoms with Gasteiger partial charge in [0.05, 0.1) is 0 Å². The van der Waals surface area contributed by atoms with Gasteiger partial charge in [0.1, 0.15) is 11.3 Å². The number of nitrogens with one attached hydrogen (secondary N) is 2. The number of fused-ring (bicyclic) bond motifs is 1. The third-order valence-electron chi connectivity index (χ3n) is 5.61. The summed E-state index contributed by atoms with van der Waals surface area (Å²) in [5.41, 5.74) is 4.24. The van der Waals surface area contributed by atoms with E-state index in [4.69, 9.17) is 4.74 Å². The number of likely N-dealkylation sites (tertiary alicyclic amines) is 1. The molecular weight excluding hydrogens is 404 g/mol. The first-order valence-electron chi connectivity index (χ1n) is 11.0. The summed E-state index contributed by atoms with van der Waals surface area (Å²) in [5.74, 6) is 0.592. The molecule has 1 saturated heterocycles. The van der Waals surface area contributed by atoms with Crippen LogP contribution in [0.1, 0.15) is 33.6 Å². The van der Waals surface area contributed by atoms with Crippen molar-refractivity contribution in [3.63, 3.8) is 0 Å². The van der Waals surface area contributed by atoms with Crippen molar-refractivity contribution in [2.75, 3.05) is 23.9 Å². The number of piperidine rings is 1. The number of hydrogen-bond acceptors (Lipinski definition) is 6. The van der Waals surface area contributed by atoms with Gasteiger partial charge in [-0.1, -0.05) is 36.4 Å². The zero-order valence-corrected chi connectivity index (χ0v) is 18.8. The van der Waals surface area contributed by atoms with Gasteiger partial charge < -0.3 is 15.0 Å². The van der Waals surface area contributed by atoms with E-state index in [0.29, 0.717) is 24.6 Å². The monoisotopic (exact) mass is 434 g/mol. The van der Waals surface area contributed by atoms with Crippen LogP contribution in [0.15, 0.2) is 54.7 Å². The first-order chi connectivity index (χ1) is 15.3. The number of benzene rings is 2. The van der Waals surface area contributed by atoms with Crippen LogP contribution in [0.4, 0.5) is 16.3 Å². The summed E-state index contributed by atoms with van der Waals surface area (Å²) in [6.07, 6.45) is 3.01. The zero-order chi connectivity index (χ0) is 22.7. The Morgan fingerprint density at radius 2 is 1.81 bits per heavy atom. The Hall–Kier alpha value is -3.32. The molecule has 7 nitrogen and oxygen atoms in total. The van der Waals surface area contributed by atoms with Gasteiger partial charge in [-0.2, -0.15) is 0 Å². The summed E-state index contributed by atoms with van der Waals surface area (Å²) in [7, 11) is 0. The Balaban J connectivity index is 1.49. The first kappa shape index (κ1) is 21.9. The molecule has 1 aromatic heterocycles. The topological polar surface area (TPSA) is 86.7 Å². The summed E-state index contributed by atoms with van der Waals surface area (Å²) in [4.78, 5) is 18.5. The molecule has 3 aromatic rings. The first-order valence-corrected chi connectivity index (χ1v) is 11.0. The average Bonchev–Trinajstić information content (AvgIpc) is 2.78. The Labute approximate surface area is 188 Å². The molecule has 3 N–H and O–H groups in total. The number of ether oxygens (including phenoxy) is 1. The number of nitrogens with zero attached hydrogens (tertiary/aromatic N) is 2. The van der Waals surface area contributed by atoms with Crippen LogP contribution in [0.3, 0.4) is 0 Å². The van der Waals surface area contributed by atoms with Crippen molar-refractivity contribution in [3.05, 3.63) is 54.7 Å². The van der Waals surface area contributed by atoms with E-state index in [2.05, 4.69) is 40.0 Å². The second-order valence-corrected chi connectivity index (χ2v) is 9.14. The van der Waals surface area contributed by atoms with Gasteiger partial charge in [-0.3, -0.25) is 10.7 Å². The van der Waals surface area contributed by atoms with Crippen molar-refractivity contribution in [3.8, 4) is 11.1 Å². The SMILES string of the molecule is CC(C)(C)OC(=O)N1CCC(Nc2nccc(-c3ccc4ccccc4c3)c2NO)CC1. The zero-order valence-electron chi connectivity index (χ0n) is 18.8. The summed E-state index contributed by atoms with van der Waals surface area (Å²) < 4.78 is 5.47. The number of carbonyl (C=O) groups excluding carboxylic acids is 1. The van der Waals surface area contributed by atoms with Gasteiger partial charge in [0.25, 0.3) is 0 Å². The molecule has 1 aliphatic rings. The standard InChI is InChI=1S/C25H30N4O3/c1-25(2,3)32-24(30)29-14-11-20(12-15-29)27-23-22(28-31)21(10-13-26-23)19-9-8-17-6-4-5-7-18(17)16-19/h4-10,13,16,20,28,31H,11-12,14-15H2,1-3H3,(H,26,27). The molecule has 168 valence electrons. The van der Waals surface area contributed by atoms with Crippen LogP contribution in [-0.2, 0) is 4.74 Å². The predicted octanol–water partition coefficient (Wildman–Crippen LogP) is 5.51. The number of carbonyl (C=O) groups is 1. The molecule has 0 aliphatic carbocycles. The fourth-order valence-electron chi connectivity index (χ4n) is 4.01. The minimum Gasteiger partial charge on any atom is -0.444 e. The number of rotatable bonds is 4. The van der Waals surface area contributed by atoms with Gasteiger partial charge in [-0.15, -0.1) is 0 Å². The van der Waals surface area contributed by atoms with Gasteiger partial charge in [0, 0.05) is 30.9 Å². The van der Waals surface area contributed by atoms with Crippen molar-refractivity contribution in [1.82, 2.24) is 9.88 Å². The average molecular weight is 435 g/mol. The highest BCUT2D eigenvalue weighted by atomic mass is 16.6. The van der Waals surface area contributed by atoms with E-state index in [9.17, 15) is 10.0 Å². The van der Waals surface area contributed by atoms with Crippen LogP contribution in [0, 0.1) is 0 Å². The van der Waals surface area contributed by atoms with E-state index in [-0.39, 0.29) is 12.1 Å². The van der Waals surface area contributed by atoms with Gasteiger partial charge in [-0.25, -0.2) is 9.78 Å². The largest absolute Gasteiger partial charge is 0.444 e. The van der Waals surface area contributed by atoms with Gasteiger partial charge in [0.2, 0.25) is 0 Å². The third kappa shape index (κ3) is 4.94. The van der Waals surface area contributed by atoms with Crippen LogP contribution < -0.4 is 10.8 Å². The normalized spacial score (nSPS) is 14.9. The molecule has 0 atom stereocenters.